The van der Waals surface area contributed by atoms with Crippen molar-refractivity contribution in [2.24, 2.45) is 7.05 Å². The predicted molar refractivity (Wildman–Crippen MR) is 129 cm³/mol. The van der Waals surface area contributed by atoms with Crippen LogP contribution in [0.25, 0.3) is 10.6 Å². The molecule has 0 fully saturated rings. The molecule has 9 nitrogen and oxygen atoms in total. The third kappa shape index (κ3) is 4.53. The van der Waals surface area contributed by atoms with E-state index in [0.717, 1.165) is 16.9 Å². The number of anilines is 1. The van der Waals surface area contributed by atoms with Crippen molar-refractivity contribution in [2.75, 3.05) is 5.32 Å². The number of carbonyl (C=O) groups is 2. The highest BCUT2D eigenvalue weighted by Gasteiger charge is 2.22. The summed E-state index contributed by atoms with van der Waals surface area (Å²) in [4.78, 5) is 43.4. The van der Waals surface area contributed by atoms with E-state index in [2.05, 4.69) is 20.7 Å². The summed E-state index contributed by atoms with van der Waals surface area (Å²) in [6, 6.07) is 10.2. The molecule has 0 aliphatic heterocycles. The number of amides is 2. The van der Waals surface area contributed by atoms with Crippen LogP contribution in [0.3, 0.4) is 0 Å². The Balaban J connectivity index is 1.59. The number of para-hydroxylation sites is 1. The lowest BCUT2D eigenvalue weighted by Crippen LogP contribution is -2.24. The number of rotatable bonds is 6. The van der Waals surface area contributed by atoms with Crippen LogP contribution in [0, 0.1) is 20.8 Å². The van der Waals surface area contributed by atoms with E-state index in [0.29, 0.717) is 43.8 Å². The van der Waals surface area contributed by atoms with E-state index < -0.39 is 5.91 Å². The number of thiazole rings is 1. The fourth-order valence-corrected chi connectivity index (χ4v) is 4.51. The average Bonchev–Trinajstić information content (AvgIpc) is 3.46. The first-order valence-corrected chi connectivity index (χ1v) is 11.3. The van der Waals surface area contributed by atoms with Gasteiger partial charge in [0.05, 0.1) is 41.0 Å². The largest absolute Gasteiger partial charge is 0.467 e. The predicted octanol–water partition coefficient (Wildman–Crippen LogP) is 3.60. The Hall–Kier alpha value is -4.05. The molecular weight excluding hydrogens is 454 g/mol. The minimum atomic E-state index is -0.409. The maximum absolute atomic E-state index is 13.1. The van der Waals surface area contributed by atoms with E-state index in [9.17, 15) is 14.4 Å². The second kappa shape index (κ2) is 9.44. The first-order valence-electron chi connectivity index (χ1n) is 10.5. The highest BCUT2D eigenvalue weighted by atomic mass is 32.1. The molecular formula is C24H23N5O4S. The van der Waals surface area contributed by atoms with Crippen molar-refractivity contribution in [3.05, 3.63) is 86.2 Å². The van der Waals surface area contributed by atoms with Gasteiger partial charge in [-0.25, -0.2) is 9.67 Å². The van der Waals surface area contributed by atoms with E-state index in [1.165, 1.54) is 10.9 Å². The molecule has 1 aromatic carbocycles. The molecule has 10 heteroatoms. The number of benzene rings is 1. The fourth-order valence-electron chi connectivity index (χ4n) is 3.46. The Bertz CT molecular complexity index is 1440. The van der Waals surface area contributed by atoms with Crippen LogP contribution in [0.4, 0.5) is 5.69 Å². The van der Waals surface area contributed by atoms with Gasteiger partial charge in [-0.15, -0.1) is 11.3 Å². The van der Waals surface area contributed by atoms with Gasteiger partial charge in [-0.1, -0.05) is 12.1 Å². The van der Waals surface area contributed by atoms with Gasteiger partial charge < -0.3 is 15.1 Å². The standard InChI is InChI=1S/C24H23N5O4S/c1-13-14(2)28-29(4)24(32)19(13)23-26-15(3)20(34-23)22(31)27-18-10-6-5-9-17(18)21(30)25-12-16-8-7-11-33-16/h5-11H,12H2,1-4H3,(H,25,30)(H,27,31). The Morgan fingerprint density at radius 2 is 1.82 bits per heavy atom. The summed E-state index contributed by atoms with van der Waals surface area (Å²) in [7, 11) is 1.58. The van der Waals surface area contributed by atoms with Gasteiger partial charge in [0.1, 0.15) is 15.6 Å². The van der Waals surface area contributed by atoms with E-state index in [1.54, 1.807) is 50.4 Å². The van der Waals surface area contributed by atoms with E-state index in [4.69, 9.17) is 4.42 Å². The molecule has 174 valence electrons. The first kappa shape index (κ1) is 23.1. The summed E-state index contributed by atoms with van der Waals surface area (Å²) >= 11 is 1.13. The quantitative estimate of drug-likeness (QED) is 0.438. The molecule has 0 bridgehead atoms. The Kier molecular flexibility index (Phi) is 6.42. The van der Waals surface area contributed by atoms with E-state index in [-0.39, 0.29) is 18.0 Å². The van der Waals surface area contributed by atoms with Gasteiger partial charge in [-0.2, -0.15) is 5.10 Å². The zero-order valence-electron chi connectivity index (χ0n) is 19.1. The Morgan fingerprint density at radius 3 is 2.56 bits per heavy atom. The molecule has 4 aromatic rings. The molecule has 0 aliphatic carbocycles. The number of hydrogen-bond donors (Lipinski definition) is 2. The molecule has 3 aromatic heterocycles. The Morgan fingerprint density at radius 1 is 1.06 bits per heavy atom. The average molecular weight is 478 g/mol. The maximum atomic E-state index is 13.1. The lowest BCUT2D eigenvalue weighted by Gasteiger charge is -2.10. The van der Waals surface area contributed by atoms with Crippen LogP contribution in [-0.2, 0) is 13.6 Å². The number of aromatic nitrogens is 3. The molecule has 0 radical (unpaired) electrons. The lowest BCUT2D eigenvalue weighted by atomic mass is 10.1. The monoisotopic (exact) mass is 477 g/mol. The molecule has 3 heterocycles. The van der Waals surface area contributed by atoms with Crippen LogP contribution < -0.4 is 16.2 Å². The van der Waals surface area contributed by atoms with Gasteiger partial charge >= 0.3 is 0 Å². The van der Waals surface area contributed by atoms with Crippen molar-refractivity contribution in [1.29, 1.82) is 0 Å². The number of hydrogen-bond acceptors (Lipinski definition) is 7. The second-order valence-corrected chi connectivity index (χ2v) is 8.71. The number of nitrogens with zero attached hydrogens (tertiary/aromatic N) is 3. The van der Waals surface area contributed by atoms with Crippen LogP contribution in [0.2, 0.25) is 0 Å². The number of furan rings is 1. The van der Waals surface area contributed by atoms with Crippen molar-refractivity contribution in [3.63, 3.8) is 0 Å². The zero-order valence-corrected chi connectivity index (χ0v) is 19.9. The third-order valence-corrected chi connectivity index (χ3v) is 6.54. The highest BCUT2D eigenvalue weighted by molar-refractivity contribution is 7.17. The normalized spacial score (nSPS) is 10.8. The van der Waals surface area contributed by atoms with Crippen molar-refractivity contribution in [2.45, 2.75) is 27.3 Å². The van der Waals surface area contributed by atoms with Crippen molar-refractivity contribution in [3.8, 4) is 10.6 Å². The van der Waals surface area contributed by atoms with Crippen LogP contribution in [0.5, 0.6) is 0 Å². The van der Waals surface area contributed by atoms with Crippen molar-refractivity contribution >= 4 is 28.8 Å². The maximum Gasteiger partial charge on any atom is 0.277 e. The van der Waals surface area contributed by atoms with Crippen molar-refractivity contribution < 1.29 is 14.0 Å². The van der Waals surface area contributed by atoms with E-state index in [1.807, 2.05) is 13.8 Å². The summed E-state index contributed by atoms with van der Waals surface area (Å²) in [5.41, 5.74) is 2.77. The van der Waals surface area contributed by atoms with Gasteiger partial charge in [0, 0.05) is 7.05 Å². The molecule has 0 saturated carbocycles. The minimum absolute atomic E-state index is 0.227. The lowest BCUT2D eigenvalue weighted by molar-refractivity contribution is 0.0949. The smallest absolute Gasteiger partial charge is 0.277 e. The SMILES string of the molecule is Cc1nc(-c2c(C)c(C)nn(C)c2=O)sc1C(=O)Nc1ccccc1C(=O)NCc1ccco1. The molecule has 0 saturated heterocycles. The highest BCUT2D eigenvalue weighted by Crippen LogP contribution is 2.29. The number of carbonyl (C=O) groups excluding carboxylic acids is 2. The summed E-state index contributed by atoms with van der Waals surface area (Å²) < 4.78 is 6.51. The zero-order chi connectivity index (χ0) is 24.4. The van der Waals surface area contributed by atoms with Crippen LogP contribution in [-0.4, -0.2) is 26.6 Å². The van der Waals surface area contributed by atoms with Gasteiger partial charge in [0.25, 0.3) is 17.4 Å². The second-order valence-electron chi connectivity index (χ2n) is 7.71. The molecule has 2 amide bonds. The van der Waals surface area contributed by atoms with Crippen LogP contribution in [0.1, 0.15) is 42.7 Å². The molecule has 0 spiro atoms. The van der Waals surface area contributed by atoms with Crippen molar-refractivity contribution in [1.82, 2.24) is 20.1 Å². The molecule has 0 atom stereocenters. The summed E-state index contributed by atoms with van der Waals surface area (Å²) in [5, 5.41) is 10.2. The van der Waals surface area contributed by atoms with Gasteiger partial charge in [-0.3, -0.25) is 14.4 Å². The van der Waals surface area contributed by atoms with Gasteiger partial charge in [0.2, 0.25) is 0 Å². The third-order valence-electron chi connectivity index (χ3n) is 5.37. The first-order chi connectivity index (χ1) is 16.3. The van der Waals surface area contributed by atoms with Crippen LogP contribution >= 0.6 is 11.3 Å². The Labute approximate surface area is 199 Å². The van der Waals surface area contributed by atoms with Gasteiger partial charge in [-0.05, 0) is 50.6 Å². The number of nitrogens with one attached hydrogen (secondary N) is 2. The molecule has 0 unspecified atom stereocenters. The van der Waals surface area contributed by atoms with E-state index >= 15 is 0 Å². The summed E-state index contributed by atoms with van der Waals surface area (Å²) in [6.45, 7) is 5.57. The minimum Gasteiger partial charge on any atom is -0.467 e. The fraction of sp³-hybridized carbons (Fsp3) is 0.208. The summed E-state index contributed by atoms with van der Waals surface area (Å²) in [5.74, 6) is -0.136. The molecule has 0 aliphatic rings. The topological polar surface area (TPSA) is 119 Å². The summed E-state index contributed by atoms with van der Waals surface area (Å²) in [6.07, 6.45) is 1.53. The molecule has 4 rings (SSSR count). The molecule has 2 N–H and O–H groups in total. The van der Waals surface area contributed by atoms with Crippen LogP contribution in [0.15, 0.2) is 51.9 Å². The number of aryl methyl sites for hydroxylation is 3. The van der Waals surface area contributed by atoms with Gasteiger partial charge in [0.15, 0.2) is 0 Å². The molecule has 34 heavy (non-hydrogen) atoms.